The number of aromatic nitrogens is 2. The van der Waals surface area contributed by atoms with Crippen molar-refractivity contribution in [3.8, 4) is 28.5 Å². The number of benzene rings is 2. The molecule has 0 saturated carbocycles. The van der Waals surface area contributed by atoms with E-state index in [-0.39, 0.29) is 5.78 Å². The maximum Gasteiger partial charge on any atom is 0.189 e. The normalized spacial score (nSPS) is 14.2. The number of carbonyl (C=O) groups excluding carboxylic acids is 1. The molecule has 1 aliphatic rings. The molecule has 6 nitrogen and oxygen atoms in total. The average molecular weight is 376 g/mol. The highest BCUT2D eigenvalue weighted by molar-refractivity contribution is 6.15. The van der Waals surface area contributed by atoms with Gasteiger partial charge in [0.1, 0.15) is 5.75 Å². The van der Waals surface area contributed by atoms with Crippen molar-refractivity contribution in [2.24, 2.45) is 0 Å². The van der Waals surface area contributed by atoms with Crippen LogP contribution in [0.25, 0.3) is 17.3 Å². The van der Waals surface area contributed by atoms with Gasteiger partial charge in [0.05, 0.1) is 32.7 Å². The molecule has 0 spiro atoms. The lowest BCUT2D eigenvalue weighted by Gasteiger charge is -2.08. The van der Waals surface area contributed by atoms with Gasteiger partial charge in [-0.3, -0.25) is 9.89 Å². The van der Waals surface area contributed by atoms with E-state index in [4.69, 9.17) is 14.2 Å². The zero-order chi connectivity index (χ0) is 19.7. The molecule has 0 aliphatic heterocycles. The second-order valence-electron chi connectivity index (χ2n) is 6.48. The zero-order valence-electron chi connectivity index (χ0n) is 15.9. The van der Waals surface area contributed by atoms with Crippen LogP contribution < -0.4 is 14.2 Å². The quantitative estimate of drug-likeness (QED) is 0.683. The van der Waals surface area contributed by atoms with E-state index in [0.717, 1.165) is 39.4 Å². The van der Waals surface area contributed by atoms with Crippen LogP contribution in [0.1, 0.15) is 21.6 Å². The number of aromatic amines is 1. The molecule has 142 valence electrons. The molecule has 0 fully saturated rings. The van der Waals surface area contributed by atoms with Gasteiger partial charge in [-0.15, -0.1) is 0 Å². The molecule has 0 bridgehead atoms. The monoisotopic (exact) mass is 376 g/mol. The number of nitrogens with one attached hydrogen (secondary N) is 1. The molecular formula is C22H20N2O4. The molecule has 0 amide bonds. The third kappa shape index (κ3) is 3.13. The van der Waals surface area contributed by atoms with Gasteiger partial charge in [0, 0.05) is 23.1 Å². The van der Waals surface area contributed by atoms with Crippen molar-refractivity contribution in [2.75, 3.05) is 21.3 Å². The van der Waals surface area contributed by atoms with Gasteiger partial charge in [-0.25, -0.2) is 0 Å². The summed E-state index contributed by atoms with van der Waals surface area (Å²) >= 11 is 0. The number of nitrogens with zero attached hydrogens (tertiary/aromatic N) is 1. The maximum absolute atomic E-state index is 12.7. The van der Waals surface area contributed by atoms with E-state index in [1.165, 1.54) is 0 Å². The lowest BCUT2D eigenvalue weighted by Crippen LogP contribution is -1.95. The number of H-pyrrole nitrogens is 1. The molecule has 1 N–H and O–H groups in total. The smallest absolute Gasteiger partial charge is 0.189 e. The minimum atomic E-state index is 0.0416. The summed E-state index contributed by atoms with van der Waals surface area (Å²) in [5, 5.41) is 7.36. The summed E-state index contributed by atoms with van der Waals surface area (Å²) < 4.78 is 15.9. The molecule has 2 aromatic carbocycles. The fraction of sp³-hybridized carbons (Fsp3) is 0.182. The second-order valence-corrected chi connectivity index (χ2v) is 6.48. The van der Waals surface area contributed by atoms with Crippen molar-refractivity contribution in [1.29, 1.82) is 0 Å². The highest BCUT2D eigenvalue weighted by Crippen LogP contribution is 2.33. The molecule has 1 aromatic heterocycles. The van der Waals surface area contributed by atoms with Gasteiger partial charge < -0.3 is 14.2 Å². The minimum Gasteiger partial charge on any atom is -0.497 e. The lowest BCUT2D eigenvalue weighted by atomic mass is 10.1. The van der Waals surface area contributed by atoms with E-state index >= 15 is 0 Å². The fourth-order valence-corrected chi connectivity index (χ4v) is 3.38. The Hall–Kier alpha value is -3.54. The SMILES string of the molecule is COc1ccc2c(c1)C/C(=C\c1cc(-c3ccc(OC)c(OC)c3)n[nH]1)C2=O. The van der Waals surface area contributed by atoms with Gasteiger partial charge in [0.25, 0.3) is 0 Å². The number of carbonyl (C=O) groups is 1. The topological polar surface area (TPSA) is 73.4 Å². The van der Waals surface area contributed by atoms with Gasteiger partial charge in [0.15, 0.2) is 17.3 Å². The maximum atomic E-state index is 12.7. The first-order chi connectivity index (χ1) is 13.6. The van der Waals surface area contributed by atoms with E-state index in [1.807, 2.05) is 48.5 Å². The third-order valence-corrected chi connectivity index (χ3v) is 4.84. The summed E-state index contributed by atoms with van der Waals surface area (Å²) in [5.41, 5.74) is 4.86. The summed E-state index contributed by atoms with van der Waals surface area (Å²) in [6.07, 6.45) is 2.43. The number of hydrogen-bond acceptors (Lipinski definition) is 5. The summed E-state index contributed by atoms with van der Waals surface area (Å²) in [4.78, 5) is 12.7. The van der Waals surface area contributed by atoms with Crippen LogP contribution in [-0.2, 0) is 6.42 Å². The van der Waals surface area contributed by atoms with E-state index in [9.17, 15) is 4.79 Å². The Bertz CT molecular complexity index is 1080. The third-order valence-electron chi connectivity index (χ3n) is 4.84. The minimum absolute atomic E-state index is 0.0416. The van der Waals surface area contributed by atoms with Crippen LogP contribution in [0.4, 0.5) is 0 Å². The first-order valence-corrected chi connectivity index (χ1v) is 8.83. The molecule has 1 heterocycles. The van der Waals surface area contributed by atoms with E-state index in [0.29, 0.717) is 17.9 Å². The van der Waals surface area contributed by atoms with Gasteiger partial charge >= 0.3 is 0 Å². The van der Waals surface area contributed by atoms with E-state index in [1.54, 1.807) is 21.3 Å². The Balaban J connectivity index is 1.61. The number of ketones is 1. The number of hydrogen-bond donors (Lipinski definition) is 1. The number of methoxy groups -OCH3 is 3. The van der Waals surface area contributed by atoms with Crippen molar-refractivity contribution in [2.45, 2.75) is 6.42 Å². The summed E-state index contributed by atoms with van der Waals surface area (Å²) in [5.74, 6) is 2.09. The van der Waals surface area contributed by atoms with E-state index in [2.05, 4.69) is 10.2 Å². The molecule has 6 heteroatoms. The lowest BCUT2D eigenvalue weighted by molar-refractivity contribution is 0.104. The second kappa shape index (κ2) is 7.23. The van der Waals surface area contributed by atoms with Crippen LogP contribution in [0.2, 0.25) is 0 Å². The standard InChI is InChI=1S/C22H20N2O4/c1-26-17-5-6-18-14(10-17)8-15(22(18)25)9-16-12-19(24-23-16)13-4-7-20(27-2)21(11-13)28-3/h4-7,9-12H,8H2,1-3H3,(H,23,24)/b15-9+. The Morgan fingerprint density at radius 1 is 0.964 bits per heavy atom. The largest absolute Gasteiger partial charge is 0.497 e. The van der Waals surface area contributed by atoms with Crippen LogP contribution in [-0.4, -0.2) is 37.3 Å². The number of ether oxygens (including phenoxy) is 3. The predicted molar refractivity (Wildman–Crippen MR) is 106 cm³/mol. The Morgan fingerprint density at radius 2 is 1.79 bits per heavy atom. The van der Waals surface area contributed by atoms with Crippen molar-refractivity contribution in [3.63, 3.8) is 0 Å². The average Bonchev–Trinajstić information content (AvgIpc) is 3.32. The summed E-state index contributed by atoms with van der Waals surface area (Å²) in [6.45, 7) is 0. The van der Waals surface area contributed by atoms with Crippen molar-refractivity contribution in [3.05, 3.63) is 64.9 Å². The van der Waals surface area contributed by atoms with Crippen LogP contribution >= 0.6 is 0 Å². The highest BCUT2D eigenvalue weighted by Gasteiger charge is 2.25. The van der Waals surface area contributed by atoms with E-state index < -0.39 is 0 Å². The predicted octanol–water partition coefficient (Wildman–Crippen LogP) is 3.92. The summed E-state index contributed by atoms with van der Waals surface area (Å²) in [7, 11) is 4.82. The number of rotatable bonds is 5. The van der Waals surface area contributed by atoms with Crippen molar-refractivity contribution in [1.82, 2.24) is 10.2 Å². The molecule has 0 saturated heterocycles. The highest BCUT2D eigenvalue weighted by atomic mass is 16.5. The first-order valence-electron chi connectivity index (χ1n) is 8.83. The van der Waals surface area contributed by atoms with Gasteiger partial charge in [-0.1, -0.05) is 0 Å². The fourth-order valence-electron chi connectivity index (χ4n) is 3.38. The van der Waals surface area contributed by atoms with Crippen LogP contribution in [0.5, 0.6) is 17.2 Å². The zero-order valence-corrected chi connectivity index (χ0v) is 15.9. The van der Waals surface area contributed by atoms with Crippen LogP contribution in [0, 0.1) is 0 Å². The van der Waals surface area contributed by atoms with Crippen molar-refractivity contribution >= 4 is 11.9 Å². The Morgan fingerprint density at radius 3 is 2.54 bits per heavy atom. The van der Waals surface area contributed by atoms with Crippen LogP contribution in [0.3, 0.4) is 0 Å². The number of allylic oxidation sites excluding steroid dienone is 1. The molecule has 0 radical (unpaired) electrons. The van der Waals surface area contributed by atoms with Crippen LogP contribution in [0.15, 0.2) is 48.0 Å². The number of fused-ring (bicyclic) bond motifs is 1. The summed E-state index contributed by atoms with van der Waals surface area (Å²) in [6, 6.07) is 13.1. The molecule has 4 rings (SSSR count). The molecule has 0 unspecified atom stereocenters. The van der Waals surface area contributed by atoms with Gasteiger partial charge in [-0.2, -0.15) is 5.10 Å². The number of Topliss-reactive ketones (excluding diaryl/α,β-unsaturated/α-hetero) is 1. The first kappa shape index (κ1) is 17.9. The van der Waals surface area contributed by atoms with Crippen molar-refractivity contribution < 1.29 is 19.0 Å². The molecule has 1 aliphatic carbocycles. The Kier molecular flexibility index (Phi) is 4.61. The van der Waals surface area contributed by atoms with Gasteiger partial charge in [-0.05, 0) is 54.1 Å². The Labute approximate surface area is 162 Å². The molecule has 0 atom stereocenters. The molecular weight excluding hydrogens is 356 g/mol. The molecule has 28 heavy (non-hydrogen) atoms. The van der Waals surface area contributed by atoms with Gasteiger partial charge in [0.2, 0.25) is 0 Å². The molecule has 3 aromatic rings.